The van der Waals surface area contributed by atoms with Gasteiger partial charge in [-0.15, -0.1) is 0 Å². The number of furan rings is 3. The number of nitrogens with zero attached hydrogens (tertiary/aromatic N) is 15. The summed E-state index contributed by atoms with van der Waals surface area (Å²) in [6, 6.07) is 146. The third-order valence-electron chi connectivity index (χ3n) is 25.5. The fourth-order valence-corrected chi connectivity index (χ4v) is 19.1. The highest BCUT2D eigenvalue weighted by molar-refractivity contribution is 6.26. The second kappa shape index (κ2) is 33.6. The van der Waals surface area contributed by atoms with Gasteiger partial charge in [-0.25, -0.2) is 44.9 Å². The molecule has 9 aromatic heterocycles. The maximum atomic E-state index is 10.6. The maximum Gasteiger partial charge on any atom is 0.164 e. The summed E-state index contributed by atoms with van der Waals surface area (Å²) in [7, 11) is 0. The minimum atomic E-state index is 0.496. The molecule has 0 aliphatic rings. The van der Waals surface area contributed by atoms with Crippen molar-refractivity contribution in [3.8, 4) is 138 Å². The molecule has 138 heavy (non-hydrogen) atoms. The van der Waals surface area contributed by atoms with Gasteiger partial charge in [0.15, 0.2) is 58.0 Å². The zero-order chi connectivity index (χ0) is 91.8. The number of fused-ring (bicyclic) bond motifs is 20. The fourth-order valence-electron chi connectivity index (χ4n) is 19.1. The molecule has 0 fully saturated rings. The molecule has 0 N–H and O–H groups in total. The highest BCUT2D eigenvalue weighted by Crippen LogP contribution is 2.46. The van der Waals surface area contributed by atoms with E-state index in [1.165, 1.54) is 0 Å². The molecule has 27 rings (SSSR count). The van der Waals surface area contributed by atoms with Crippen LogP contribution in [-0.2, 0) is 0 Å². The van der Waals surface area contributed by atoms with E-state index in [0.717, 1.165) is 198 Å². The number of hydrogen-bond acceptors (Lipinski definition) is 15. The molecule has 0 bridgehead atoms. The lowest BCUT2D eigenvalue weighted by Gasteiger charge is -2.13. The molecule has 0 saturated heterocycles. The van der Waals surface area contributed by atoms with Gasteiger partial charge in [-0.3, -0.25) is 0 Å². The molecule has 0 atom stereocenters. The highest BCUT2D eigenvalue weighted by atomic mass is 16.3. The highest BCUT2D eigenvalue weighted by Gasteiger charge is 2.27. The molecule has 27 aromatic rings. The Morgan fingerprint density at radius 3 is 0.877 bits per heavy atom. The van der Waals surface area contributed by atoms with Crippen molar-refractivity contribution in [2.24, 2.45) is 0 Å². The Bertz CT molecular complexity index is 9520. The van der Waals surface area contributed by atoms with Crippen molar-refractivity contribution in [1.29, 1.82) is 15.8 Å². The number of nitriles is 3. The molecule has 9 heterocycles. The number of rotatable bonds is 12. The van der Waals surface area contributed by atoms with Crippen LogP contribution in [0.15, 0.2) is 432 Å². The van der Waals surface area contributed by atoms with Crippen molar-refractivity contribution in [3.05, 3.63) is 435 Å². The van der Waals surface area contributed by atoms with Gasteiger partial charge in [0.1, 0.15) is 46.1 Å². The molecule has 0 saturated carbocycles. The first kappa shape index (κ1) is 80.3. The van der Waals surface area contributed by atoms with Gasteiger partial charge in [-0.1, -0.05) is 297 Å². The summed E-state index contributed by atoms with van der Waals surface area (Å²) in [4.78, 5) is 43.7. The first-order valence-corrected chi connectivity index (χ1v) is 45.1. The second-order valence-electron chi connectivity index (χ2n) is 33.5. The number of aromatic nitrogens is 12. The van der Waals surface area contributed by atoms with Gasteiger partial charge in [0.2, 0.25) is 0 Å². The predicted molar refractivity (Wildman–Crippen MR) is 547 cm³/mol. The minimum absolute atomic E-state index is 0.496. The first-order chi connectivity index (χ1) is 68.3. The molecular formula is C120H69N15O3. The third kappa shape index (κ3) is 13.9. The Labute approximate surface area is 786 Å². The van der Waals surface area contributed by atoms with Crippen molar-refractivity contribution in [2.45, 2.75) is 0 Å². The molecule has 18 nitrogen and oxygen atoms in total. The van der Waals surface area contributed by atoms with E-state index in [0.29, 0.717) is 69.1 Å². The standard InChI is InChI=1S/3C40H23N5O/c41-24-28-23-27(40-43-38(25-11-3-1-4-12-25)42-39(44-40)26-13-5-2-6-14-26)19-22-33(28)45-34-17-9-7-15-29(34)31-20-21-32-30-16-8-10-18-35(30)46-37(32)36(31)45;41-24-28-23-27(40-43-38(25-11-3-1-4-12-25)42-39(44-40)26-13-5-2-6-14-26)19-21-32(28)45-33-17-9-7-15-29(33)30-20-22-35-36(37(30)45)31-16-8-10-18-34(31)46-35;41-24-28-21-27(40-43-38(25-11-3-1-4-12-25)42-39(44-40)26-13-5-2-6-14-26)19-20-33(28)45-34-17-9-7-15-29(34)31-22-32-30-16-8-10-18-36(30)46-37(32)23-35(31)45/h3*1-23H. The average molecular weight is 1770 g/mol. The van der Waals surface area contributed by atoms with E-state index in [-0.39, 0.29) is 0 Å². The normalized spacial score (nSPS) is 11.5. The molecule has 0 radical (unpaired) electrons. The van der Waals surface area contributed by atoms with Crippen molar-refractivity contribution >= 4 is 131 Å². The van der Waals surface area contributed by atoms with E-state index in [4.69, 9.17) is 58.1 Å². The van der Waals surface area contributed by atoms with Crippen molar-refractivity contribution in [1.82, 2.24) is 58.6 Å². The van der Waals surface area contributed by atoms with E-state index in [1.54, 1.807) is 0 Å². The Balaban J connectivity index is 0.000000110. The molecule has 642 valence electrons. The van der Waals surface area contributed by atoms with Gasteiger partial charge in [-0.05, 0) is 115 Å². The number of benzene rings is 18. The summed E-state index contributed by atoms with van der Waals surface area (Å²) < 4.78 is 25.5. The molecule has 18 heteroatoms. The predicted octanol–water partition coefficient (Wildman–Crippen LogP) is 29.2. The Morgan fingerprint density at radius 1 is 0.181 bits per heavy atom. The van der Waals surface area contributed by atoms with E-state index in [9.17, 15) is 15.8 Å². The lowest BCUT2D eigenvalue weighted by atomic mass is 10.1. The fraction of sp³-hybridized carbons (Fsp3) is 0. The van der Waals surface area contributed by atoms with Crippen LogP contribution in [-0.4, -0.2) is 58.6 Å². The SMILES string of the molecule is N#Cc1cc(-c2nc(-c3ccccc3)nc(-c3ccccc3)n2)ccc1-n1c2ccccc2c2cc3c(cc21)oc1ccccc13.N#Cc1cc(-c2nc(-c3ccccc3)nc(-c3ccccc3)n2)ccc1-n1c2ccccc2c2ccc3c4ccccc4oc3c21.N#Cc1cc(-c2nc(-c3ccccc3)nc(-c3ccccc3)n2)ccc1-n1c2ccccc2c2ccc3oc4ccccc4c3c21. The maximum absolute atomic E-state index is 10.6. The van der Waals surface area contributed by atoms with Crippen LogP contribution < -0.4 is 0 Å². The smallest absolute Gasteiger partial charge is 0.164 e. The summed E-state index contributed by atoms with van der Waals surface area (Å²) in [5.74, 6) is 4.94. The topological polar surface area (TPSA) is 242 Å². The van der Waals surface area contributed by atoms with Crippen molar-refractivity contribution < 1.29 is 13.3 Å². The van der Waals surface area contributed by atoms with Gasteiger partial charge in [0.05, 0.1) is 72.2 Å². The summed E-state index contributed by atoms with van der Waals surface area (Å²) in [5, 5.41) is 44.6. The van der Waals surface area contributed by atoms with Crippen molar-refractivity contribution in [3.63, 3.8) is 0 Å². The minimum Gasteiger partial charge on any atom is -0.456 e. The van der Waals surface area contributed by atoms with Crippen LogP contribution in [0.1, 0.15) is 16.7 Å². The van der Waals surface area contributed by atoms with Crippen LogP contribution in [0.4, 0.5) is 0 Å². The molecule has 0 amide bonds. The van der Waals surface area contributed by atoms with E-state index in [1.807, 2.05) is 334 Å². The average Bonchev–Trinajstić information content (AvgIpc) is 1.73. The van der Waals surface area contributed by atoms with Crippen LogP contribution in [0.3, 0.4) is 0 Å². The number of hydrogen-bond donors (Lipinski definition) is 0. The zero-order valence-corrected chi connectivity index (χ0v) is 73.3. The lowest BCUT2D eigenvalue weighted by Crippen LogP contribution is -2.02. The van der Waals surface area contributed by atoms with Crippen LogP contribution in [0, 0.1) is 34.0 Å². The molecular weight excluding hydrogens is 1700 g/mol. The Kier molecular flexibility index (Phi) is 19.5. The molecule has 0 aliphatic carbocycles. The summed E-state index contributed by atoms with van der Waals surface area (Å²) >= 11 is 0. The van der Waals surface area contributed by atoms with Gasteiger partial charge in [0, 0.05) is 115 Å². The van der Waals surface area contributed by atoms with Crippen LogP contribution in [0.25, 0.3) is 251 Å². The largest absolute Gasteiger partial charge is 0.456 e. The first-order valence-electron chi connectivity index (χ1n) is 45.1. The van der Waals surface area contributed by atoms with Crippen LogP contribution in [0.2, 0.25) is 0 Å². The van der Waals surface area contributed by atoms with E-state index >= 15 is 0 Å². The molecule has 0 aliphatic heterocycles. The van der Waals surface area contributed by atoms with Gasteiger partial charge >= 0.3 is 0 Å². The van der Waals surface area contributed by atoms with Crippen LogP contribution >= 0.6 is 0 Å². The monoisotopic (exact) mass is 1770 g/mol. The Hall–Kier alpha value is -19.7. The number of para-hydroxylation sites is 6. The van der Waals surface area contributed by atoms with Gasteiger partial charge < -0.3 is 27.0 Å². The van der Waals surface area contributed by atoms with Gasteiger partial charge in [0.25, 0.3) is 0 Å². The zero-order valence-electron chi connectivity index (χ0n) is 73.3. The summed E-state index contributed by atoms with van der Waals surface area (Å²) in [5.41, 5.74) is 22.2. The third-order valence-corrected chi connectivity index (χ3v) is 25.5. The van der Waals surface area contributed by atoms with E-state index in [2.05, 4.69) is 117 Å². The van der Waals surface area contributed by atoms with Crippen LogP contribution in [0.5, 0.6) is 0 Å². The summed E-state index contributed by atoms with van der Waals surface area (Å²) in [6.45, 7) is 0. The summed E-state index contributed by atoms with van der Waals surface area (Å²) in [6.07, 6.45) is 0. The molecule has 0 unspecified atom stereocenters. The van der Waals surface area contributed by atoms with Gasteiger partial charge in [-0.2, -0.15) is 15.8 Å². The van der Waals surface area contributed by atoms with Crippen molar-refractivity contribution in [2.75, 3.05) is 0 Å². The molecule has 18 aromatic carbocycles. The Morgan fingerprint density at radius 2 is 0.471 bits per heavy atom. The molecule has 0 spiro atoms. The lowest BCUT2D eigenvalue weighted by molar-refractivity contribution is 0.669. The van der Waals surface area contributed by atoms with E-state index < -0.39 is 0 Å². The second-order valence-corrected chi connectivity index (χ2v) is 33.5. The quantitative estimate of drug-likeness (QED) is 0.110.